The first-order valence-corrected chi connectivity index (χ1v) is 10.3. The Morgan fingerprint density at radius 2 is 1.94 bits per heavy atom. The molecule has 1 N–H and O–H groups in total. The van der Waals surface area contributed by atoms with Crippen molar-refractivity contribution in [3.05, 3.63) is 57.5 Å². The number of carbonyl (C=O) groups is 1. The molecule has 0 bridgehead atoms. The van der Waals surface area contributed by atoms with Crippen LogP contribution in [0.15, 0.2) is 29.1 Å². The zero-order valence-electron chi connectivity index (χ0n) is 17.9. The second kappa shape index (κ2) is 8.68. The van der Waals surface area contributed by atoms with Gasteiger partial charge < -0.3 is 9.72 Å². The van der Waals surface area contributed by atoms with E-state index >= 15 is 0 Å². The third-order valence-corrected chi connectivity index (χ3v) is 5.35. The van der Waals surface area contributed by atoms with E-state index in [-0.39, 0.29) is 30.9 Å². The summed E-state index contributed by atoms with van der Waals surface area (Å²) in [4.78, 5) is 34.5. The highest BCUT2D eigenvalue weighted by Gasteiger charge is 2.37. The quantitative estimate of drug-likeness (QED) is 0.334. The maximum absolute atomic E-state index is 12.9. The van der Waals surface area contributed by atoms with Gasteiger partial charge in [-0.25, -0.2) is 14.3 Å². The first-order chi connectivity index (χ1) is 15.6. The van der Waals surface area contributed by atoms with Gasteiger partial charge in [0.25, 0.3) is 11.6 Å². The van der Waals surface area contributed by atoms with Gasteiger partial charge in [0.15, 0.2) is 0 Å². The summed E-state index contributed by atoms with van der Waals surface area (Å²) in [5.74, 6) is -1.85. The predicted octanol–water partition coefficient (Wildman–Crippen LogP) is 2.97. The van der Waals surface area contributed by atoms with Crippen molar-refractivity contribution < 1.29 is 22.7 Å². The van der Waals surface area contributed by atoms with Gasteiger partial charge in [-0.2, -0.15) is 18.2 Å². The fraction of sp³-hybridized carbons (Fsp3) is 0.381. The predicted molar refractivity (Wildman–Crippen MR) is 112 cm³/mol. The van der Waals surface area contributed by atoms with Crippen LogP contribution >= 0.6 is 0 Å². The number of halogens is 3. The van der Waals surface area contributed by atoms with Crippen LogP contribution in [0, 0.1) is 13.8 Å². The number of rotatable bonds is 7. The lowest BCUT2D eigenvalue weighted by atomic mass is 10.1. The molecule has 3 aromatic heterocycles. The summed E-state index contributed by atoms with van der Waals surface area (Å²) in [6.07, 6.45) is -3.95. The Kier molecular flexibility index (Phi) is 5.91. The van der Waals surface area contributed by atoms with Gasteiger partial charge in [-0.3, -0.25) is 9.36 Å². The number of nitrogens with zero attached hydrogens (tertiary/aromatic N) is 5. The molecule has 1 aromatic carbocycles. The molecule has 3 heterocycles. The van der Waals surface area contributed by atoms with Crippen LogP contribution in [-0.4, -0.2) is 41.7 Å². The van der Waals surface area contributed by atoms with E-state index in [9.17, 15) is 22.8 Å². The minimum Gasteiger partial charge on any atom is -0.466 e. The van der Waals surface area contributed by atoms with Crippen LogP contribution in [0.25, 0.3) is 16.8 Å². The lowest BCUT2D eigenvalue weighted by Gasteiger charge is -2.10. The van der Waals surface area contributed by atoms with Crippen LogP contribution in [0.4, 0.5) is 13.2 Å². The number of carbonyl (C=O) groups excluding carboxylic acids is 1. The second-order valence-corrected chi connectivity index (χ2v) is 7.58. The monoisotopic (exact) mass is 462 g/mol. The molecular weight excluding hydrogens is 441 g/mol. The number of para-hydroxylation sites is 2. The van der Waals surface area contributed by atoms with Gasteiger partial charge in [0.05, 0.1) is 17.6 Å². The van der Waals surface area contributed by atoms with Gasteiger partial charge in [-0.05, 0) is 44.4 Å². The summed E-state index contributed by atoms with van der Waals surface area (Å²) >= 11 is 0. The fourth-order valence-corrected chi connectivity index (χ4v) is 3.73. The summed E-state index contributed by atoms with van der Waals surface area (Å²) in [5.41, 5.74) is 2.83. The molecule has 0 atom stereocenters. The van der Waals surface area contributed by atoms with E-state index < -0.39 is 18.0 Å². The third kappa shape index (κ3) is 4.59. The molecule has 0 amide bonds. The molecule has 174 valence electrons. The number of benzene rings is 1. The fourth-order valence-electron chi connectivity index (χ4n) is 3.73. The van der Waals surface area contributed by atoms with Crippen molar-refractivity contribution in [2.24, 2.45) is 0 Å². The highest BCUT2D eigenvalue weighted by molar-refractivity contribution is 5.74. The average molecular weight is 462 g/mol. The summed E-state index contributed by atoms with van der Waals surface area (Å²) in [6, 6.07) is 7.32. The Morgan fingerprint density at radius 3 is 2.70 bits per heavy atom. The van der Waals surface area contributed by atoms with Crippen molar-refractivity contribution in [2.45, 2.75) is 45.8 Å². The molecule has 4 rings (SSSR count). The molecule has 0 unspecified atom stereocenters. The van der Waals surface area contributed by atoms with Crippen LogP contribution in [0.1, 0.15) is 35.6 Å². The second-order valence-electron chi connectivity index (χ2n) is 7.58. The molecule has 0 radical (unpaired) electrons. The SMILES string of the molecule is Cc1nc2nc(C(F)(F)F)nn2c(C)c1CCC(=O)OCCCn1c(=O)[nH]c2ccccc21. The molecule has 4 aromatic rings. The number of alkyl halides is 3. The molecular formula is C21H21F3N6O3. The Hall–Kier alpha value is -3.70. The number of hydrogen-bond donors (Lipinski definition) is 1. The van der Waals surface area contributed by atoms with E-state index in [1.165, 1.54) is 0 Å². The number of fused-ring (bicyclic) bond motifs is 2. The molecule has 0 saturated heterocycles. The van der Waals surface area contributed by atoms with Gasteiger partial charge in [0, 0.05) is 24.4 Å². The molecule has 0 aliphatic rings. The van der Waals surface area contributed by atoms with Crippen molar-refractivity contribution >= 4 is 22.8 Å². The minimum absolute atomic E-state index is 0.0305. The van der Waals surface area contributed by atoms with E-state index in [4.69, 9.17) is 4.74 Å². The maximum atomic E-state index is 12.9. The number of ether oxygens (including phenoxy) is 1. The molecule has 33 heavy (non-hydrogen) atoms. The van der Waals surface area contributed by atoms with E-state index in [1.54, 1.807) is 18.4 Å². The van der Waals surface area contributed by atoms with Gasteiger partial charge >= 0.3 is 17.8 Å². The number of H-pyrrole nitrogens is 1. The number of hydrogen-bond acceptors (Lipinski definition) is 6. The molecule has 0 saturated carbocycles. The number of imidazole rings is 1. The Labute approximate surface area is 185 Å². The molecule has 0 aliphatic heterocycles. The molecule has 0 aliphatic carbocycles. The number of aromatic amines is 1. The Morgan fingerprint density at radius 1 is 1.18 bits per heavy atom. The number of esters is 1. The number of nitrogens with one attached hydrogen (secondary N) is 1. The lowest BCUT2D eigenvalue weighted by molar-refractivity contribution is -0.145. The van der Waals surface area contributed by atoms with Crippen molar-refractivity contribution in [1.29, 1.82) is 0 Å². The average Bonchev–Trinajstić information content (AvgIpc) is 3.32. The minimum atomic E-state index is -4.67. The molecule has 0 fully saturated rings. The van der Waals surface area contributed by atoms with Crippen LogP contribution in [0.3, 0.4) is 0 Å². The standard InChI is InChI=1S/C21H21F3N6O3/c1-12-14(13(2)30-19(25-12)27-18(28-30)21(22,23)24)8-9-17(31)33-11-5-10-29-16-7-4-3-6-15(16)26-20(29)32/h3-4,6-7H,5,8-11H2,1-2H3,(H,26,32). The molecule has 0 spiro atoms. The first kappa shape index (κ1) is 22.5. The number of aryl methyl sites for hydroxylation is 3. The Balaban J connectivity index is 1.34. The topological polar surface area (TPSA) is 107 Å². The summed E-state index contributed by atoms with van der Waals surface area (Å²) < 4.78 is 46.6. The van der Waals surface area contributed by atoms with Crippen LogP contribution in [-0.2, 0) is 28.7 Å². The van der Waals surface area contributed by atoms with Gasteiger partial charge in [-0.15, -0.1) is 5.10 Å². The van der Waals surface area contributed by atoms with E-state index in [1.807, 2.05) is 24.3 Å². The normalized spacial score (nSPS) is 12.0. The highest BCUT2D eigenvalue weighted by Crippen LogP contribution is 2.27. The van der Waals surface area contributed by atoms with Crippen molar-refractivity contribution in [1.82, 2.24) is 29.1 Å². The van der Waals surface area contributed by atoms with E-state index in [0.29, 0.717) is 29.9 Å². The maximum Gasteiger partial charge on any atom is 0.453 e. The molecule has 12 heteroatoms. The number of aromatic nitrogens is 6. The van der Waals surface area contributed by atoms with Crippen molar-refractivity contribution in [3.63, 3.8) is 0 Å². The van der Waals surface area contributed by atoms with Crippen molar-refractivity contribution in [3.8, 4) is 0 Å². The Bertz CT molecular complexity index is 1390. The van der Waals surface area contributed by atoms with Gasteiger partial charge in [0.2, 0.25) is 0 Å². The van der Waals surface area contributed by atoms with Gasteiger partial charge in [0.1, 0.15) is 0 Å². The largest absolute Gasteiger partial charge is 0.466 e. The van der Waals surface area contributed by atoms with Crippen molar-refractivity contribution in [2.75, 3.05) is 6.61 Å². The summed E-state index contributed by atoms with van der Waals surface area (Å²) in [5, 5.41) is 3.50. The summed E-state index contributed by atoms with van der Waals surface area (Å²) in [6.45, 7) is 3.78. The zero-order chi connectivity index (χ0) is 23.8. The molecule has 9 nitrogen and oxygen atoms in total. The zero-order valence-corrected chi connectivity index (χ0v) is 17.9. The third-order valence-electron chi connectivity index (χ3n) is 5.35. The van der Waals surface area contributed by atoms with Crippen LogP contribution in [0.2, 0.25) is 0 Å². The van der Waals surface area contributed by atoms with Crippen LogP contribution < -0.4 is 5.69 Å². The smallest absolute Gasteiger partial charge is 0.453 e. The lowest BCUT2D eigenvalue weighted by Crippen LogP contribution is -2.18. The summed E-state index contributed by atoms with van der Waals surface area (Å²) in [7, 11) is 0. The first-order valence-electron chi connectivity index (χ1n) is 10.3. The van der Waals surface area contributed by atoms with E-state index in [2.05, 4.69) is 20.1 Å². The van der Waals surface area contributed by atoms with Crippen LogP contribution in [0.5, 0.6) is 0 Å². The van der Waals surface area contributed by atoms with E-state index in [0.717, 1.165) is 15.5 Å². The highest BCUT2D eigenvalue weighted by atomic mass is 19.4. The van der Waals surface area contributed by atoms with Gasteiger partial charge in [-0.1, -0.05) is 12.1 Å².